The highest BCUT2D eigenvalue weighted by molar-refractivity contribution is 5.92. The quantitative estimate of drug-likeness (QED) is 0.783. The Hall–Kier alpha value is -2.49. The van der Waals surface area contributed by atoms with E-state index in [9.17, 15) is 4.79 Å². The van der Waals surface area contributed by atoms with E-state index in [0.717, 1.165) is 11.3 Å². The summed E-state index contributed by atoms with van der Waals surface area (Å²) in [5.74, 6) is 1.46. The lowest BCUT2D eigenvalue weighted by molar-refractivity contribution is -0.116. The van der Waals surface area contributed by atoms with Crippen molar-refractivity contribution in [2.45, 2.75) is 26.7 Å². The molecule has 0 atom stereocenters. The fraction of sp³-hybridized carbons (Fsp3) is 0.316. The Labute approximate surface area is 137 Å². The zero-order chi connectivity index (χ0) is 16.7. The largest absolute Gasteiger partial charge is 0.495 e. The second-order valence-corrected chi connectivity index (χ2v) is 5.52. The monoisotopic (exact) mass is 313 g/mol. The van der Waals surface area contributed by atoms with Gasteiger partial charge in [-0.15, -0.1) is 0 Å². The number of hydrogen-bond donors (Lipinski definition) is 1. The molecule has 23 heavy (non-hydrogen) atoms. The molecular weight excluding hydrogens is 290 g/mol. The van der Waals surface area contributed by atoms with Crippen LogP contribution in [0.5, 0.6) is 11.5 Å². The second kappa shape index (κ2) is 8.22. The summed E-state index contributed by atoms with van der Waals surface area (Å²) in [6.45, 7) is 4.53. The van der Waals surface area contributed by atoms with Crippen molar-refractivity contribution in [3.05, 3.63) is 53.6 Å². The highest BCUT2D eigenvalue weighted by Gasteiger charge is 2.07. The number of methoxy groups -OCH3 is 1. The van der Waals surface area contributed by atoms with Gasteiger partial charge in [0.25, 0.3) is 0 Å². The van der Waals surface area contributed by atoms with Crippen molar-refractivity contribution in [3.8, 4) is 11.5 Å². The first kappa shape index (κ1) is 16.9. The maximum atomic E-state index is 12.0. The highest BCUT2D eigenvalue weighted by atomic mass is 16.5. The molecule has 2 aromatic rings. The molecule has 0 bridgehead atoms. The van der Waals surface area contributed by atoms with Crippen LogP contribution in [-0.2, 0) is 4.79 Å². The summed E-state index contributed by atoms with van der Waals surface area (Å²) in [5.41, 5.74) is 2.98. The van der Waals surface area contributed by atoms with Gasteiger partial charge in [0.15, 0.2) is 0 Å². The van der Waals surface area contributed by atoms with Gasteiger partial charge in [0.2, 0.25) is 5.91 Å². The lowest BCUT2D eigenvalue weighted by atomic mass is 10.2. The minimum absolute atomic E-state index is 0.0404. The average molecular weight is 313 g/mol. The van der Waals surface area contributed by atoms with E-state index in [1.165, 1.54) is 5.56 Å². The summed E-state index contributed by atoms with van der Waals surface area (Å²) in [5, 5.41) is 2.89. The van der Waals surface area contributed by atoms with E-state index >= 15 is 0 Å². The Morgan fingerprint density at radius 2 is 1.74 bits per heavy atom. The Morgan fingerprint density at radius 3 is 2.43 bits per heavy atom. The van der Waals surface area contributed by atoms with Crippen molar-refractivity contribution in [3.63, 3.8) is 0 Å². The first-order chi connectivity index (χ1) is 11.1. The average Bonchev–Trinajstić information content (AvgIpc) is 2.53. The van der Waals surface area contributed by atoms with Gasteiger partial charge in [-0.05, 0) is 50.1 Å². The molecule has 0 saturated carbocycles. The van der Waals surface area contributed by atoms with E-state index < -0.39 is 0 Å². The summed E-state index contributed by atoms with van der Waals surface area (Å²) in [7, 11) is 1.59. The van der Waals surface area contributed by atoms with E-state index in [1.54, 1.807) is 7.11 Å². The third-order valence-electron chi connectivity index (χ3n) is 3.47. The van der Waals surface area contributed by atoms with E-state index in [2.05, 4.69) is 5.32 Å². The number of anilines is 1. The molecule has 1 amide bonds. The van der Waals surface area contributed by atoms with Crippen molar-refractivity contribution in [2.75, 3.05) is 19.0 Å². The van der Waals surface area contributed by atoms with Crippen molar-refractivity contribution >= 4 is 11.6 Å². The molecule has 1 N–H and O–H groups in total. The smallest absolute Gasteiger partial charge is 0.224 e. The number of carbonyl (C=O) groups excluding carboxylic acids is 1. The summed E-state index contributed by atoms with van der Waals surface area (Å²) in [4.78, 5) is 12.0. The molecule has 0 aliphatic rings. The summed E-state index contributed by atoms with van der Waals surface area (Å²) >= 11 is 0. The molecular formula is C19H23NO3. The van der Waals surface area contributed by atoms with Crippen LogP contribution in [0.15, 0.2) is 42.5 Å². The number of aryl methyl sites for hydroxylation is 2. The van der Waals surface area contributed by atoms with Crippen molar-refractivity contribution in [1.82, 2.24) is 0 Å². The van der Waals surface area contributed by atoms with Crippen LogP contribution in [0.2, 0.25) is 0 Å². The Bertz CT molecular complexity index is 650. The molecule has 0 unspecified atom stereocenters. The van der Waals surface area contributed by atoms with Crippen molar-refractivity contribution < 1.29 is 14.3 Å². The lowest BCUT2D eigenvalue weighted by Crippen LogP contribution is -2.13. The molecule has 2 rings (SSSR count). The Kier molecular flexibility index (Phi) is 6.03. The topological polar surface area (TPSA) is 47.6 Å². The number of amides is 1. The predicted molar refractivity (Wildman–Crippen MR) is 92.3 cm³/mol. The SMILES string of the molecule is COc1ccc(C)cc1NC(=O)CCCOc1ccc(C)cc1. The van der Waals surface area contributed by atoms with Gasteiger partial charge >= 0.3 is 0 Å². The van der Waals surface area contributed by atoms with Gasteiger partial charge < -0.3 is 14.8 Å². The van der Waals surface area contributed by atoms with E-state index in [0.29, 0.717) is 30.9 Å². The maximum absolute atomic E-state index is 12.0. The number of nitrogens with one attached hydrogen (secondary N) is 1. The third-order valence-corrected chi connectivity index (χ3v) is 3.47. The minimum Gasteiger partial charge on any atom is -0.495 e. The number of benzene rings is 2. The van der Waals surface area contributed by atoms with Gasteiger partial charge in [-0.25, -0.2) is 0 Å². The molecule has 0 fully saturated rings. The van der Waals surface area contributed by atoms with Gasteiger partial charge in [0.1, 0.15) is 11.5 Å². The fourth-order valence-corrected chi connectivity index (χ4v) is 2.19. The van der Waals surface area contributed by atoms with Gasteiger partial charge in [-0.3, -0.25) is 4.79 Å². The van der Waals surface area contributed by atoms with E-state index in [1.807, 2.05) is 56.3 Å². The third kappa shape index (κ3) is 5.33. The molecule has 0 radical (unpaired) electrons. The van der Waals surface area contributed by atoms with E-state index in [-0.39, 0.29) is 5.91 Å². The van der Waals surface area contributed by atoms with Crippen LogP contribution in [0.25, 0.3) is 0 Å². The van der Waals surface area contributed by atoms with E-state index in [4.69, 9.17) is 9.47 Å². The van der Waals surface area contributed by atoms with Gasteiger partial charge in [0, 0.05) is 6.42 Å². The summed E-state index contributed by atoms with van der Waals surface area (Å²) in [6.07, 6.45) is 1.07. The molecule has 0 spiro atoms. The number of rotatable bonds is 7. The van der Waals surface area contributed by atoms with Crippen molar-refractivity contribution in [1.29, 1.82) is 0 Å². The van der Waals surface area contributed by atoms with Gasteiger partial charge in [0.05, 0.1) is 19.4 Å². The molecule has 4 nitrogen and oxygen atoms in total. The minimum atomic E-state index is -0.0404. The highest BCUT2D eigenvalue weighted by Crippen LogP contribution is 2.25. The number of ether oxygens (including phenoxy) is 2. The Morgan fingerprint density at radius 1 is 1.04 bits per heavy atom. The first-order valence-corrected chi connectivity index (χ1v) is 7.72. The van der Waals surface area contributed by atoms with Crippen LogP contribution in [0.4, 0.5) is 5.69 Å². The summed E-state index contributed by atoms with van der Waals surface area (Å²) < 4.78 is 10.9. The zero-order valence-electron chi connectivity index (χ0n) is 13.9. The lowest BCUT2D eigenvalue weighted by Gasteiger charge is -2.11. The van der Waals surface area contributed by atoms with Crippen molar-refractivity contribution in [2.24, 2.45) is 0 Å². The summed E-state index contributed by atoms with van der Waals surface area (Å²) in [6, 6.07) is 13.6. The number of hydrogen-bond acceptors (Lipinski definition) is 3. The van der Waals surface area contributed by atoms with Crippen LogP contribution < -0.4 is 14.8 Å². The molecule has 122 valence electrons. The van der Waals surface area contributed by atoms with Crippen LogP contribution in [0.3, 0.4) is 0 Å². The standard InChI is InChI=1S/C19H23NO3/c1-14-6-9-16(10-7-14)23-12-4-5-19(21)20-17-13-15(2)8-11-18(17)22-3/h6-11,13H,4-5,12H2,1-3H3,(H,20,21). The predicted octanol–water partition coefficient (Wildman–Crippen LogP) is 4.11. The van der Waals surface area contributed by atoms with Gasteiger partial charge in [-0.2, -0.15) is 0 Å². The normalized spacial score (nSPS) is 10.2. The molecule has 0 aliphatic heterocycles. The van der Waals surface area contributed by atoms with Gasteiger partial charge in [-0.1, -0.05) is 23.8 Å². The molecule has 4 heteroatoms. The molecule has 2 aromatic carbocycles. The maximum Gasteiger partial charge on any atom is 0.224 e. The van der Waals surface area contributed by atoms with Crippen LogP contribution in [0.1, 0.15) is 24.0 Å². The van der Waals surface area contributed by atoms with Crippen LogP contribution in [0, 0.1) is 13.8 Å². The fourth-order valence-electron chi connectivity index (χ4n) is 2.19. The van der Waals surface area contributed by atoms with Crippen LogP contribution >= 0.6 is 0 Å². The first-order valence-electron chi connectivity index (χ1n) is 7.72. The Balaban J connectivity index is 1.77. The molecule has 0 aliphatic carbocycles. The molecule has 0 heterocycles. The molecule has 0 saturated heterocycles. The number of carbonyl (C=O) groups is 1. The zero-order valence-corrected chi connectivity index (χ0v) is 13.9. The molecule has 0 aromatic heterocycles. The second-order valence-electron chi connectivity index (χ2n) is 5.52. The van der Waals surface area contributed by atoms with Crippen LogP contribution in [-0.4, -0.2) is 19.6 Å².